The molecule has 2 atom stereocenters. The van der Waals surface area contributed by atoms with Crippen molar-refractivity contribution in [1.82, 2.24) is 9.55 Å². The standard InChI is InChI=1S/C28H36N4O3Si/c1-20(35-36(5,6)28(2,3)4)26(32-18-25(27(30)33)31-19-32)14-15-34-24-9-7-8-23(16-24)22-12-10-21(17-29)11-13-22/h7-13,16,18-20,26H,14-15H2,1-6H3,(H2,30,33)/t20-,26+/m0/s1. The number of aromatic nitrogens is 2. The van der Waals surface area contributed by atoms with Crippen molar-refractivity contribution in [3.05, 3.63) is 72.3 Å². The van der Waals surface area contributed by atoms with Crippen LogP contribution in [0.1, 0.15) is 56.2 Å². The second kappa shape index (κ2) is 11.1. The highest BCUT2D eigenvalue weighted by atomic mass is 28.4. The maximum atomic E-state index is 11.6. The summed E-state index contributed by atoms with van der Waals surface area (Å²) in [6.07, 6.45) is 3.87. The zero-order valence-electron chi connectivity index (χ0n) is 22.0. The summed E-state index contributed by atoms with van der Waals surface area (Å²) < 4.78 is 14.7. The molecule has 0 fully saturated rings. The minimum absolute atomic E-state index is 0.0709. The van der Waals surface area contributed by atoms with E-state index in [0.29, 0.717) is 18.6 Å². The molecule has 3 aromatic rings. The predicted molar refractivity (Wildman–Crippen MR) is 144 cm³/mol. The fraction of sp³-hybridized carbons (Fsp3) is 0.393. The van der Waals surface area contributed by atoms with Gasteiger partial charge in [-0.15, -0.1) is 0 Å². The summed E-state index contributed by atoms with van der Waals surface area (Å²) in [5, 5.41) is 9.10. The number of rotatable bonds is 10. The lowest BCUT2D eigenvalue weighted by molar-refractivity contribution is 0.0994. The molecule has 2 N–H and O–H groups in total. The van der Waals surface area contributed by atoms with E-state index in [1.807, 2.05) is 53.1 Å². The Kier molecular flexibility index (Phi) is 8.38. The Labute approximate surface area is 215 Å². The molecule has 1 heterocycles. The van der Waals surface area contributed by atoms with Gasteiger partial charge in [-0.1, -0.05) is 45.0 Å². The van der Waals surface area contributed by atoms with E-state index in [2.05, 4.69) is 51.8 Å². The normalized spacial score (nSPS) is 13.6. The van der Waals surface area contributed by atoms with Crippen LogP contribution in [0.5, 0.6) is 5.75 Å². The first-order valence-corrected chi connectivity index (χ1v) is 15.1. The van der Waals surface area contributed by atoms with Crippen molar-refractivity contribution in [2.75, 3.05) is 6.61 Å². The van der Waals surface area contributed by atoms with E-state index in [4.69, 9.17) is 20.2 Å². The van der Waals surface area contributed by atoms with Crippen LogP contribution in [0.25, 0.3) is 11.1 Å². The topological polar surface area (TPSA) is 103 Å². The first-order chi connectivity index (χ1) is 16.9. The van der Waals surface area contributed by atoms with Gasteiger partial charge in [0.1, 0.15) is 11.4 Å². The van der Waals surface area contributed by atoms with Gasteiger partial charge < -0.3 is 19.5 Å². The summed E-state index contributed by atoms with van der Waals surface area (Å²) in [7, 11) is -2.02. The number of nitrogens with zero attached hydrogens (tertiary/aromatic N) is 3. The van der Waals surface area contributed by atoms with E-state index in [-0.39, 0.29) is 22.9 Å². The molecule has 0 unspecified atom stereocenters. The smallest absolute Gasteiger partial charge is 0.268 e. The number of nitriles is 1. The fourth-order valence-corrected chi connectivity index (χ4v) is 5.23. The molecule has 7 nitrogen and oxygen atoms in total. The van der Waals surface area contributed by atoms with Gasteiger partial charge in [0.2, 0.25) is 0 Å². The van der Waals surface area contributed by atoms with Gasteiger partial charge in [-0.05, 0) is 60.4 Å². The summed E-state index contributed by atoms with van der Waals surface area (Å²) in [6.45, 7) is 13.6. The molecular formula is C28H36N4O3Si. The third-order valence-electron chi connectivity index (χ3n) is 6.93. The molecule has 0 aliphatic carbocycles. The van der Waals surface area contributed by atoms with Gasteiger partial charge in [0, 0.05) is 12.6 Å². The minimum Gasteiger partial charge on any atom is -0.493 e. The number of hydrogen-bond acceptors (Lipinski definition) is 5. The second-order valence-electron chi connectivity index (χ2n) is 10.6. The Morgan fingerprint density at radius 2 is 1.86 bits per heavy atom. The van der Waals surface area contributed by atoms with Crippen LogP contribution in [0, 0.1) is 11.3 Å². The van der Waals surface area contributed by atoms with Crippen LogP contribution in [-0.2, 0) is 4.43 Å². The lowest BCUT2D eigenvalue weighted by Gasteiger charge is -2.40. The van der Waals surface area contributed by atoms with Gasteiger partial charge >= 0.3 is 0 Å². The van der Waals surface area contributed by atoms with Crippen molar-refractivity contribution < 1.29 is 14.0 Å². The van der Waals surface area contributed by atoms with Crippen molar-refractivity contribution in [2.45, 2.75) is 64.4 Å². The van der Waals surface area contributed by atoms with Crippen molar-refractivity contribution in [1.29, 1.82) is 5.26 Å². The third-order valence-corrected chi connectivity index (χ3v) is 11.5. The van der Waals surface area contributed by atoms with E-state index in [1.165, 1.54) is 0 Å². The molecule has 0 aliphatic rings. The summed E-state index contributed by atoms with van der Waals surface area (Å²) in [5.41, 5.74) is 8.34. The van der Waals surface area contributed by atoms with E-state index in [1.54, 1.807) is 12.5 Å². The molecule has 1 amide bonds. The molecule has 190 valence electrons. The zero-order chi connectivity index (χ0) is 26.5. The van der Waals surface area contributed by atoms with Gasteiger partial charge in [-0.3, -0.25) is 4.79 Å². The van der Waals surface area contributed by atoms with Crippen LogP contribution in [0.3, 0.4) is 0 Å². The maximum absolute atomic E-state index is 11.6. The first kappa shape index (κ1) is 27.2. The van der Waals surface area contributed by atoms with Crippen molar-refractivity contribution in [2.24, 2.45) is 5.73 Å². The number of imidazole rings is 1. The summed E-state index contributed by atoms with van der Waals surface area (Å²) >= 11 is 0. The van der Waals surface area contributed by atoms with E-state index in [0.717, 1.165) is 16.9 Å². The van der Waals surface area contributed by atoms with Crippen LogP contribution in [0.15, 0.2) is 61.1 Å². The SMILES string of the molecule is C[C@H](O[Si](C)(C)C(C)(C)C)[C@@H](CCOc1cccc(-c2ccc(C#N)cc2)c1)n1cnc(C(N)=O)c1. The molecule has 0 bridgehead atoms. The monoisotopic (exact) mass is 504 g/mol. The van der Waals surface area contributed by atoms with Crippen LogP contribution < -0.4 is 10.5 Å². The summed E-state index contributed by atoms with van der Waals surface area (Å²) in [5.74, 6) is 0.207. The first-order valence-electron chi connectivity index (χ1n) is 12.2. The molecular weight excluding hydrogens is 468 g/mol. The highest BCUT2D eigenvalue weighted by Gasteiger charge is 2.40. The Morgan fingerprint density at radius 1 is 1.17 bits per heavy atom. The number of carbonyl (C=O) groups excluding carboxylic acids is 1. The van der Waals surface area contributed by atoms with Crippen molar-refractivity contribution in [3.8, 4) is 22.9 Å². The van der Waals surface area contributed by atoms with Crippen molar-refractivity contribution in [3.63, 3.8) is 0 Å². The molecule has 2 aromatic carbocycles. The van der Waals surface area contributed by atoms with Gasteiger partial charge in [-0.2, -0.15) is 5.26 Å². The minimum atomic E-state index is -2.02. The molecule has 0 saturated heterocycles. The molecule has 0 radical (unpaired) electrons. The number of ether oxygens (including phenoxy) is 1. The maximum Gasteiger partial charge on any atom is 0.268 e. The number of carbonyl (C=O) groups is 1. The number of amides is 1. The molecule has 36 heavy (non-hydrogen) atoms. The average Bonchev–Trinajstić information content (AvgIpc) is 3.31. The highest BCUT2D eigenvalue weighted by molar-refractivity contribution is 6.74. The van der Waals surface area contributed by atoms with Crippen LogP contribution in [0.2, 0.25) is 18.1 Å². The molecule has 1 aromatic heterocycles. The summed E-state index contributed by atoms with van der Waals surface area (Å²) in [6, 6.07) is 17.4. The molecule has 0 aliphatic heterocycles. The highest BCUT2D eigenvalue weighted by Crippen LogP contribution is 2.39. The fourth-order valence-electron chi connectivity index (χ4n) is 3.79. The molecule has 8 heteroatoms. The Hall–Kier alpha value is -3.41. The zero-order valence-corrected chi connectivity index (χ0v) is 23.0. The van der Waals surface area contributed by atoms with E-state index >= 15 is 0 Å². The number of nitrogens with two attached hydrogens (primary N) is 1. The number of hydrogen-bond donors (Lipinski definition) is 1. The van der Waals surface area contributed by atoms with Crippen molar-refractivity contribution >= 4 is 14.2 Å². The van der Waals surface area contributed by atoms with E-state index < -0.39 is 14.2 Å². The third kappa shape index (κ3) is 6.62. The average molecular weight is 505 g/mol. The Balaban J connectivity index is 1.75. The van der Waals surface area contributed by atoms with Crippen LogP contribution in [-0.4, -0.2) is 36.5 Å². The predicted octanol–water partition coefficient (Wildman–Crippen LogP) is 5.94. The van der Waals surface area contributed by atoms with Crippen LogP contribution in [0.4, 0.5) is 0 Å². The number of primary amides is 1. The lowest BCUT2D eigenvalue weighted by atomic mass is 10.0. The quantitative estimate of drug-likeness (QED) is 0.344. The molecule has 0 saturated carbocycles. The van der Waals surface area contributed by atoms with Gasteiger partial charge in [0.15, 0.2) is 8.32 Å². The summed E-state index contributed by atoms with van der Waals surface area (Å²) in [4.78, 5) is 15.8. The Bertz CT molecular complexity index is 1220. The van der Waals surface area contributed by atoms with E-state index in [9.17, 15) is 4.79 Å². The largest absolute Gasteiger partial charge is 0.493 e. The van der Waals surface area contributed by atoms with Gasteiger partial charge in [0.25, 0.3) is 5.91 Å². The molecule has 0 spiro atoms. The lowest BCUT2D eigenvalue weighted by Crippen LogP contribution is -2.45. The van der Waals surface area contributed by atoms with Gasteiger partial charge in [0.05, 0.1) is 36.7 Å². The second-order valence-corrected chi connectivity index (χ2v) is 15.3. The number of benzene rings is 2. The molecule has 3 rings (SSSR count). The van der Waals surface area contributed by atoms with Gasteiger partial charge in [-0.25, -0.2) is 4.98 Å². The Morgan fingerprint density at radius 3 is 2.44 bits per heavy atom. The van der Waals surface area contributed by atoms with Crippen LogP contribution >= 0.6 is 0 Å².